The number of carboxylic acids is 1. The van der Waals surface area contributed by atoms with Crippen LogP contribution in [0.5, 0.6) is 0 Å². The fourth-order valence-electron chi connectivity index (χ4n) is 1.28. The highest BCUT2D eigenvalue weighted by atomic mass is 35.5. The van der Waals surface area contributed by atoms with Crippen molar-refractivity contribution in [1.29, 1.82) is 0 Å². The molecule has 0 fully saturated rings. The highest BCUT2D eigenvalue weighted by molar-refractivity contribution is 6.13. The van der Waals surface area contributed by atoms with Gasteiger partial charge >= 0.3 is 5.97 Å². The third-order valence-electron chi connectivity index (χ3n) is 2.44. The van der Waals surface area contributed by atoms with E-state index in [9.17, 15) is 4.79 Å². The molecule has 0 saturated heterocycles. The molecule has 0 amide bonds. The van der Waals surface area contributed by atoms with Gasteiger partial charge in [-0.2, -0.15) is 4.42 Å². The summed E-state index contributed by atoms with van der Waals surface area (Å²) in [5.41, 5.74) is 0.170. The van der Waals surface area contributed by atoms with Crippen molar-refractivity contribution in [2.45, 2.75) is 18.6 Å². The molecule has 0 unspecified atom stereocenters. The lowest BCUT2D eigenvalue weighted by Crippen LogP contribution is -2.61. The molecule has 0 aromatic carbocycles. The van der Waals surface area contributed by atoms with Gasteiger partial charge in [0.1, 0.15) is 5.79 Å². The van der Waals surface area contributed by atoms with E-state index in [2.05, 4.69) is 17.2 Å². The summed E-state index contributed by atoms with van der Waals surface area (Å²) in [6.07, 6.45) is 0.860. The molecule has 0 atom stereocenters. The monoisotopic (exact) mass is 235 g/mol. The summed E-state index contributed by atoms with van der Waals surface area (Å²) < 4.78 is 1.45. The zero-order chi connectivity index (χ0) is 12.1. The molecule has 0 radical (unpaired) electrons. The third-order valence-corrected chi connectivity index (χ3v) is 2.73. The topological polar surface area (TPSA) is 64.6 Å². The molecule has 0 aliphatic heterocycles. The van der Waals surface area contributed by atoms with Crippen molar-refractivity contribution in [3.8, 4) is 0 Å². The van der Waals surface area contributed by atoms with E-state index in [4.69, 9.17) is 16.9 Å². The summed E-state index contributed by atoms with van der Waals surface area (Å²) in [5, 5.41) is 14.7. The van der Waals surface area contributed by atoms with Crippen molar-refractivity contribution in [2.75, 3.05) is 21.1 Å². The maximum atomic E-state index is 10.6. The standard InChI is InChI=1S/C9H18ClN3O2/c1-7(8(14)15)5-6-9(11-2,12-3)13(4)10/h11-12H,1,5-6H2,2-4H3,(H,14,15). The van der Waals surface area contributed by atoms with Crippen LogP contribution >= 0.6 is 11.8 Å². The van der Waals surface area contributed by atoms with Crippen LogP contribution in [0.3, 0.4) is 0 Å². The number of hydrogen-bond donors (Lipinski definition) is 3. The van der Waals surface area contributed by atoms with Crippen molar-refractivity contribution in [3.05, 3.63) is 12.2 Å². The van der Waals surface area contributed by atoms with Gasteiger partial charge in [0.25, 0.3) is 0 Å². The van der Waals surface area contributed by atoms with E-state index in [1.54, 1.807) is 21.1 Å². The molecule has 0 aliphatic rings. The molecule has 0 bridgehead atoms. The van der Waals surface area contributed by atoms with Crippen LogP contribution in [-0.2, 0) is 4.79 Å². The van der Waals surface area contributed by atoms with E-state index in [0.29, 0.717) is 12.8 Å². The average molecular weight is 236 g/mol. The number of carboxylic acid groups (broad SMARTS) is 1. The predicted octanol–water partition coefficient (Wildman–Crippen LogP) is 0.586. The Labute approximate surface area is 95.2 Å². The molecule has 0 aliphatic carbocycles. The predicted molar refractivity (Wildman–Crippen MR) is 60.5 cm³/mol. The van der Waals surface area contributed by atoms with E-state index < -0.39 is 11.8 Å². The smallest absolute Gasteiger partial charge is 0.330 e. The molecule has 88 valence electrons. The first-order valence-corrected chi connectivity index (χ1v) is 4.92. The highest BCUT2D eigenvalue weighted by Crippen LogP contribution is 2.18. The first-order chi connectivity index (χ1) is 6.89. The largest absolute Gasteiger partial charge is 0.478 e. The summed E-state index contributed by atoms with van der Waals surface area (Å²) in [6.45, 7) is 3.47. The second kappa shape index (κ2) is 6.07. The summed E-state index contributed by atoms with van der Waals surface area (Å²) in [6, 6.07) is 0. The van der Waals surface area contributed by atoms with Gasteiger partial charge in [0.2, 0.25) is 0 Å². The van der Waals surface area contributed by atoms with E-state index in [1.165, 1.54) is 4.42 Å². The van der Waals surface area contributed by atoms with Crippen LogP contribution < -0.4 is 10.6 Å². The summed E-state index contributed by atoms with van der Waals surface area (Å²) in [5.74, 6) is -1.60. The number of hydrogen-bond acceptors (Lipinski definition) is 4. The Morgan fingerprint density at radius 1 is 1.53 bits per heavy atom. The molecule has 5 nitrogen and oxygen atoms in total. The first-order valence-electron chi connectivity index (χ1n) is 4.58. The van der Waals surface area contributed by atoms with Crippen LogP contribution in [0.1, 0.15) is 12.8 Å². The quantitative estimate of drug-likeness (QED) is 0.342. The molecule has 0 heterocycles. The Kier molecular flexibility index (Phi) is 5.82. The lowest BCUT2D eigenvalue weighted by atomic mass is 10.1. The van der Waals surface area contributed by atoms with E-state index >= 15 is 0 Å². The minimum atomic E-state index is -0.978. The van der Waals surface area contributed by atoms with Gasteiger partial charge in [0, 0.05) is 12.6 Å². The van der Waals surface area contributed by atoms with Gasteiger partial charge < -0.3 is 5.11 Å². The van der Waals surface area contributed by atoms with Crippen molar-refractivity contribution in [2.24, 2.45) is 0 Å². The lowest BCUT2D eigenvalue weighted by Gasteiger charge is -2.37. The summed E-state index contributed by atoms with van der Waals surface area (Å²) in [4.78, 5) is 10.6. The van der Waals surface area contributed by atoms with Crippen molar-refractivity contribution < 1.29 is 9.90 Å². The van der Waals surface area contributed by atoms with E-state index in [-0.39, 0.29) is 5.57 Å². The maximum absolute atomic E-state index is 10.6. The van der Waals surface area contributed by atoms with Gasteiger partial charge in [-0.1, -0.05) is 6.58 Å². The first kappa shape index (κ1) is 14.4. The highest BCUT2D eigenvalue weighted by Gasteiger charge is 2.30. The number of carbonyl (C=O) groups is 1. The van der Waals surface area contributed by atoms with Crippen LogP contribution in [0.2, 0.25) is 0 Å². The number of rotatable bonds is 7. The number of nitrogens with zero attached hydrogens (tertiary/aromatic N) is 1. The van der Waals surface area contributed by atoms with Crippen LogP contribution in [0.4, 0.5) is 0 Å². The number of nitrogens with one attached hydrogen (secondary N) is 2. The molecule has 0 aromatic rings. The van der Waals surface area contributed by atoms with Gasteiger partial charge in [-0.25, -0.2) is 4.79 Å². The van der Waals surface area contributed by atoms with Crippen molar-refractivity contribution in [1.82, 2.24) is 15.1 Å². The number of halogens is 1. The average Bonchev–Trinajstić information content (AvgIpc) is 2.19. The second-order valence-corrected chi connectivity index (χ2v) is 3.75. The van der Waals surface area contributed by atoms with Crippen LogP contribution in [0, 0.1) is 0 Å². The molecule has 0 saturated carbocycles. The Hall–Kier alpha value is -0.620. The van der Waals surface area contributed by atoms with E-state index in [0.717, 1.165) is 0 Å². The van der Waals surface area contributed by atoms with E-state index in [1.807, 2.05) is 0 Å². The van der Waals surface area contributed by atoms with Gasteiger partial charge in [0.15, 0.2) is 0 Å². The lowest BCUT2D eigenvalue weighted by molar-refractivity contribution is -0.132. The Balaban J connectivity index is 4.43. The molecule has 0 rings (SSSR count). The Bertz CT molecular complexity index is 240. The summed E-state index contributed by atoms with van der Waals surface area (Å²) in [7, 11) is 5.19. The Morgan fingerprint density at radius 3 is 2.27 bits per heavy atom. The normalized spacial score (nSPS) is 11.8. The van der Waals surface area contributed by atoms with Gasteiger partial charge in [-0.15, -0.1) is 0 Å². The number of aliphatic carboxylic acids is 1. The molecule has 0 spiro atoms. The summed E-state index contributed by atoms with van der Waals surface area (Å²) >= 11 is 5.90. The minimum absolute atomic E-state index is 0.170. The third kappa shape index (κ3) is 3.79. The zero-order valence-corrected chi connectivity index (χ0v) is 10.1. The molecule has 3 N–H and O–H groups in total. The van der Waals surface area contributed by atoms with Gasteiger partial charge in [0.05, 0.1) is 0 Å². The zero-order valence-electron chi connectivity index (χ0n) is 9.30. The van der Waals surface area contributed by atoms with Crippen LogP contribution in [0.25, 0.3) is 0 Å². The molecule has 6 heteroatoms. The van der Waals surface area contributed by atoms with Crippen molar-refractivity contribution in [3.63, 3.8) is 0 Å². The van der Waals surface area contributed by atoms with Gasteiger partial charge in [-0.05, 0) is 38.7 Å². The second-order valence-electron chi connectivity index (χ2n) is 3.25. The van der Waals surface area contributed by atoms with Gasteiger partial charge in [-0.3, -0.25) is 10.6 Å². The van der Waals surface area contributed by atoms with Crippen LogP contribution in [0.15, 0.2) is 12.2 Å². The fraction of sp³-hybridized carbons (Fsp3) is 0.667. The molecular formula is C9H18ClN3O2. The molecule has 15 heavy (non-hydrogen) atoms. The maximum Gasteiger partial charge on any atom is 0.330 e. The minimum Gasteiger partial charge on any atom is -0.478 e. The molecule has 0 aromatic heterocycles. The SMILES string of the molecule is C=C(CCC(NC)(NC)N(C)Cl)C(=O)O. The molecular weight excluding hydrogens is 218 g/mol. The Morgan fingerprint density at radius 2 is 2.00 bits per heavy atom. The van der Waals surface area contributed by atoms with Crippen molar-refractivity contribution >= 4 is 17.7 Å². The fourth-order valence-corrected chi connectivity index (χ4v) is 1.53. The van der Waals surface area contributed by atoms with Crippen LogP contribution in [-0.4, -0.2) is 42.4 Å².